The summed E-state index contributed by atoms with van der Waals surface area (Å²) in [6.07, 6.45) is -1.73. The number of carbonyl (C=O) groups excluding carboxylic acids is 1. The molecule has 8 heteroatoms. The van der Waals surface area contributed by atoms with Crippen LogP contribution in [0.4, 0.5) is 13.2 Å². The van der Waals surface area contributed by atoms with Crippen molar-refractivity contribution in [2.45, 2.75) is 37.3 Å². The number of nitrogens with zero attached hydrogens (tertiary/aromatic N) is 1. The Bertz CT molecular complexity index is 462. The summed E-state index contributed by atoms with van der Waals surface area (Å²) in [5.74, 6) is 0.703. The van der Waals surface area contributed by atoms with Crippen LogP contribution in [0.5, 0.6) is 0 Å². The summed E-state index contributed by atoms with van der Waals surface area (Å²) in [4.78, 5) is 16.1. The van der Waals surface area contributed by atoms with Gasteiger partial charge < -0.3 is 0 Å². The fourth-order valence-corrected chi connectivity index (χ4v) is 4.43. The van der Waals surface area contributed by atoms with Gasteiger partial charge in [0.2, 0.25) is 0 Å². The number of ketones is 1. The van der Waals surface area contributed by atoms with Crippen molar-refractivity contribution >= 4 is 29.3 Å². The van der Waals surface area contributed by atoms with Crippen LogP contribution in [0.3, 0.4) is 0 Å². The Morgan fingerprint density at radius 2 is 2.30 bits per heavy atom. The molecule has 0 spiro atoms. The van der Waals surface area contributed by atoms with E-state index in [1.807, 2.05) is 13.8 Å². The Hall–Kier alpha value is -0.600. The minimum absolute atomic E-state index is 0.0603. The first-order valence-electron chi connectivity index (χ1n) is 6.10. The number of fused-ring (bicyclic) bond motifs is 1. The standard InChI is InChI=1S/C12H14F3NO2S2/c1-3-19-7(2)11-16(18-12(13,14)15)9-5-4-8(17)6-10(9)20-11/h5-7,11H,3-4H2,1-2H3. The number of alkyl halides is 3. The van der Waals surface area contributed by atoms with Crippen molar-refractivity contribution < 1.29 is 22.8 Å². The van der Waals surface area contributed by atoms with E-state index in [2.05, 4.69) is 4.84 Å². The Labute approximate surface area is 123 Å². The maximum absolute atomic E-state index is 12.6. The largest absolute Gasteiger partial charge is 0.544 e. The summed E-state index contributed by atoms with van der Waals surface area (Å²) in [5, 5.41) is 0.343. The first kappa shape index (κ1) is 15.8. The molecule has 0 saturated carbocycles. The third kappa shape index (κ3) is 3.53. The van der Waals surface area contributed by atoms with Crippen molar-refractivity contribution in [1.82, 2.24) is 5.06 Å². The van der Waals surface area contributed by atoms with Crippen LogP contribution in [-0.2, 0) is 9.63 Å². The molecular weight excluding hydrogens is 311 g/mol. The summed E-state index contributed by atoms with van der Waals surface area (Å²) in [6.45, 7) is 3.81. The molecule has 3 nitrogen and oxygen atoms in total. The maximum Gasteiger partial charge on any atom is 0.544 e. The van der Waals surface area contributed by atoms with E-state index in [1.54, 1.807) is 11.8 Å². The molecule has 2 aliphatic rings. The van der Waals surface area contributed by atoms with E-state index in [-0.39, 0.29) is 17.5 Å². The van der Waals surface area contributed by atoms with Crippen molar-refractivity contribution in [3.8, 4) is 0 Å². The van der Waals surface area contributed by atoms with Gasteiger partial charge in [-0.25, -0.2) is 5.06 Å². The van der Waals surface area contributed by atoms with Crippen LogP contribution >= 0.6 is 23.5 Å². The van der Waals surface area contributed by atoms with Crippen LogP contribution in [0.25, 0.3) is 0 Å². The van der Waals surface area contributed by atoms with Gasteiger partial charge in [0, 0.05) is 16.6 Å². The smallest absolute Gasteiger partial charge is 0.294 e. The molecule has 1 heterocycles. The normalized spacial score (nSPS) is 24.4. The zero-order valence-corrected chi connectivity index (χ0v) is 12.6. The van der Waals surface area contributed by atoms with Crippen LogP contribution in [0.15, 0.2) is 22.8 Å². The number of rotatable bonds is 4. The maximum atomic E-state index is 12.6. The highest BCUT2D eigenvalue weighted by molar-refractivity contribution is 8.06. The Morgan fingerprint density at radius 1 is 1.60 bits per heavy atom. The van der Waals surface area contributed by atoms with E-state index in [0.29, 0.717) is 10.6 Å². The van der Waals surface area contributed by atoms with Crippen LogP contribution in [0, 0.1) is 0 Å². The fourth-order valence-electron chi connectivity index (χ4n) is 2.03. The second-order valence-corrected chi connectivity index (χ2v) is 7.11. The SMILES string of the molecule is CCSC(C)C1SC2=CC(=O)CC=C2N1OC(F)(F)F. The van der Waals surface area contributed by atoms with Gasteiger partial charge in [-0.1, -0.05) is 25.6 Å². The molecule has 1 saturated heterocycles. The van der Waals surface area contributed by atoms with Crippen molar-refractivity contribution in [3.05, 3.63) is 22.8 Å². The highest BCUT2D eigenvalue weighted by Crippen LogP contribution is 2.48. The number of thioether (sulfide) groups is 2. The zero-order valence-electron chi connectivity index (χ0n) is 10.9. The van der Waals surface area contributed by atoms with Gasteiger partial charge in [0.1, 0.15) is 5.37 Å². The predicted octanol–water partition coefficient (Wildman–Crippen LogP) is 3.69. The van der Waals surface area contributed by atoms with Crippen molar-refractivity contribution in [3.63, 3.8) is 0 Å². The molecule has 1 aliphatic carbocycles. The highest BCUT2D eigenvalue weighted by Gasteiger charge is 2.45. The summed E-state index contributed by atoms with van der Waals surface area (Å²) in [5.41, 5.74) is 0.348. The summed E-state index contributed by atoms with van der Waals surface area (Å²) in [7, 11) is 0. The average Bonchev–Trinajstić information content (AvgIpc) is 2.65. The van der Waals surface area contributed by atoms with Crippen molar-refractivity contribution in [2.75, 3.05) is 5.75 Å². The molecule has 1 aliphatic heterocycles. The fraction of sp³-hybridized carbons (Fsp3) is 0.583. The lowest BCUT2D eigenvalue weighted by Gasteiger charge is -2.29. The molecule has 0 aromatic rings. The third-order valence-electron chi connectivity index (χ3n) is 2.79. The zero-order chi connectivity index (χ0) is 14.9. The van der Waals surface area contributed by atoms with E-state index in [0.717, 1.165) is 10.8 Å². The molecule has 112 valence electrons. The Kier molecular flexibility index (Phi) is 4.76. The molecule has 0 amide bonds. The van der Waals surface area contributed by atoms with Crippen LogP contribution in [0.2, 0.25) is 0 Å². The van der Waals surface area contributed by atoms with E-state index in [9.17, 15) is 18.0 Å². The van der Waals surface area contributed by atoms with E-state index < -0.39 is 11.7 Å². The highest BCUT2D eigenvalue weighted by atomic mass is 32.2. The molecule has 2 unspecified atom stereocenters. The first-order chi connectivity index (χ1) is 9.31. The minimum Gasteiger partial charge on any atom is -0.294 e. The lowest BCUT2D eigenvalue weighted by molar-refractivity contribution is -0.406. The van der Waals surface area contributed by atoms with Gasteiger partial charge in [-0.2, -0.15) is 16.6 Å². The second-order valence-electron chi connectivity index (χ2n) is 4.30. The number of allylic oxidation sites excluding steroid dienone is 2. The number of hydrogen-bond acceptors (Lipinski definition) is 5. The molecule has 0 bridgehead atoms. The minimum atomic E-state index is -4.74. The van der Waals surface area contributed by atoms with E-state index >= 15 is 0 Å². The second kappa shape index (κ2) is 6.03. The van der Waals surface area contributed by atoms with Gasteiger partial charge in [0.25, 0.3) is 0 Å². The topological polar surface area (TPSA) is 29.5 Å². The molecule has 0 radical (unpaired) electrons. The number of carbonyl (C=O) groups is 1. The van der Waals surface area contributed by atoms with Gasteiger partial charge in [-0.15, -0.1) is 13.2 Å². The van der Waals surface area contributed by atoms with E-state index in [4.69, 9.17) is 0 Å². The van der Waals surface area contributed by atoms with Crippen molar-refractivity contribution in [2.24, 2.45) is 0 Å². The molecule has 0 aromatic carbocycles. The molecule has 1 fully saturated rings. The van der Waals surface area contributed by atoms with E-state index in [1.165, 1.54) is 23.9 Å². The Morgan fingerprint density at radius 3 is 2.90 bits per heavy atom. The van der Waals surface area contributed by atoms with Gasteiger partial charge in [0.05, 0.1) is 5.70 Å². The number of halogens is 3. The molecule has 2 atom stereocenters. The molecule has 0 N–H and O–H groups in total. The number of hydrogen-bond donors (Lipinski definition) is 0. The summed E-state index contributed by atoms with van der Waals surface area (Å²) < 4.78 is 37.7. The van der Waals surface area contributed by atoms with Crippen LogP contribution in [-0.4, -0.2) is 33.6 Å². The van der Waals surface area contributed by atoms with Gasteiger partial charge in [-0.05, 0) is 17.9 Å². The van der Waals surface area contributed by atoms with Gasteiger partial charge in [0.15, 0.2) is 5.78 Å². The Balaban J connectivity index is 2.26. The molecule has 20 heavy (non-hydrogen) atoms. The van der Waals surface area contributed by atoms with Gasteiger partial charge >= 0.3 is 6.36 Å². The molecule has 0 aromatic heterocycles. The van der Waals surface area contributed by atoms with Crippen molar-refractivity contribution in [1.29, 1.82) is 0 Å². The number of hydroxylamine groups is 2. The average molecular weight is 325 g/mol. The quantitative estimate of drug-likeness (QED) is 0.786. The molecular formula is C12H14F3NO2S2. The van der Waals surface area contributed by atoms with Gasteiger partial charge in [-0.3, -0.25) is 4.79 Å². The lowest BCUT2D eigenvalue weighted by atomic mass is 10.1. The third-order valence-corrected chi connectivity index (χ3v) is 5.50. The summed E-state index contributed by atoms with van der Waals surface area (Å²) in [6, 6.07) is 0. The predicted molar refractivity (Wildman–Crippen MR) is 73.7 cm³/mol. The van der Waals surface area contributed by atoms with Crippen LogP contribution in [0.1, 0.15) is 20.3 Å². The lowest BCUT2D eigenvalue weighted by Crippen LogP contribution is -2.38. The molecule has 2 rings (SSSR count). The summed E-state index contributed by atoms with van der Waals surface area (Å²) >= 11 is 2.80. The first-order valence-corrected chi connectivity index (χ1v) is 8.03. The monoisotopic (exact) mass is 325 g/mol. The van der Waals surface area contributed by atoms with Crippen LogP contribution < -0.4 is 0 Å².